The second-order valence-corrected chi connectivity index (χ2v) is 5.49. The third-order valence-electron chi connectivity index (χ3n) is 4.01. The first-order valence-corrected chi connectivity index (χ1v) is 6.73. The van der Waals surface area contributed by atoms with Crippen molar-refractivity contribution in [3.63, 3.8) is 0 Å². The maximum absolute atomic E-state index is 12.1. The molecule has 0 aromatic carbocycles. The molecule has 1 aliphatic heterocycles. The Morgan fingerprint density at radius 3 is 2.75 bits per heavy atom. The van der Waals surface area contributed by atoms with Crippen LogP contribution in [0.2, 0.25) is 0 Å². The Hall–Kier alpha value is -0.570. The molecule has 2 unspecified atom stereocenters. The fraction of sp³-hybridized carbons (Fsp3) is 0.923. The van der Waals surface area contributed by atoms with Crippen molar-refractivity contribution in [2.24, 2.45) is 11.7 Å². The summed E-state index contributed by atoms with van der Waals surface area (Å²) in [6.07, 6.45) is 7.87. The standard InChI is InChI=1S/C13H24N2O/c1-10-5-3-2-4-8-15(10)13(16)9-12(14)11-6-7-11/h10-12H,2-9,14H2,1H3. The van der Waals surface area contributed by atoms with E-state index in [1.165, 1.54) is 25.7 Å². The molecule has 3 nitrogen and oxygen atoms in total. The molecular formula is C13H24N2O. The van der Waals surface area contributed by atoms with Crippen molar-refractivity contribution in [2.45, 2.75) is 64.0 Å². The van der Waals surface area contributed by atoms with Crippen molar-refractivity contribution in [1.29, 1.82) is 0 Å². The van der Waals surface area contributed by atoms with E-state index in [0.717, 1.165) is 19.4 Å². The molecule has 2 aliphatic rings. The summed E-state index contributed by atoms with van der Waals surface area (Å²) in [6.45, 7) is 3.11. The molecule has 2 fully saturated rings. The zero-order chi connectivity index (χ0) is 11.5. The van der Waals surface area contributed by atoms with Gasteiger partial charge in [0, 0.05) is 25.0 Å². The second-order valence-electron chi connectivity index (χ2n) is 5.49. The normalized spacial score (nSPS) is 28.6. The van der Waals surface area contributed by atoms with Crippen LogP contribution in [0.4, 0.5) is 0 Å². The molecule has 2 N–H and O–H groups in total. The van der Waals surface area contributed by atoms with Crippen LogP contribution in [-0.2, 0) is 4.79 Å². The van der Waals surface area contributed by atoms with Gasteiger partial charge in [-0.3, -0.25) is 4.79 Å². The molecule has 0 aromatic heterocycles. The van der Waals surface area contributed by atoms with E-state index in [9.17, 15) is 4.79 Å². The molecule has 0 radical (unpaired) electrons. The highest BCUT2D eigenvalue weighted by Crippen LogP contribution is 2.33. The molecule has 16 heavy (non-hydrogen) atoms. The molecule has 1 saturated carbocycles. The monoisotopic (exact) mass is 224 g/mol. The van der Waals surface area contributed by atoms with Gasteiger partial charge in [-0.05, 0) is 38.5 Å². The number of amides is 1. The van der Waals surface area contributed by atoms with Crippen molar-refractivity contribution >= 4 is 5.91 Å². The summed E-state index contributed by atoms with van der Waals surface area (Å²) in [4.78, 5) is 14.2. The molecule has 0 aromatic rings. The van der Waals surface area contributed by atoms with E-state index in [2.05, 4.69) is 11.8 Å². The summed E-state index contributed by atoms with van der Waals surface area (Å²) in [7, 11) is 0. The van der Waals surface area contributed by atoms with Gasteiger partial charge in [-0.1, -0.05) is 12.8 Å². The fourth-order valence-corrected chi connectivity index (χ4v) is 2.66. The molecule has 92 valence electrons. The van der Waals surface area contributed by atoms with Gasteiger partial charge in [-0.15, -0.1) is 0 Å². The minimum Gasteiger partial charge on any atom is -0.340 e. The third-order valence-corrected chi connectivity index (χ3v) is 4.01. The maximum atomic E-state index is 12.1. The Labute approximate surface area is 98.4 Å². The summed E-state index contributed by atoms with van der Waals surface area (Å²) in [5.74, 6) is 0.917. The van der Waals surface area contributed by atoms with E-state index in [0.29, 0.717) is 18.4 Å². The second kappa shape index (κ2) is 5.17. The largest absolute Gasteiger partial charge is 0.340 e. The van der Waals surface area contributed by atoms with Gasteiger partial charge in [-0.2, -0.15) is 0 Å². The van der Waals surface area contributed by atoms with E-state index in [-0.39, 0.29) is 11.9 Å². The van der Waals surface area contributed by atoms with E-state index in [1.54, 1.807) is 0 Å². The van der Waals surface area contributed by atoms with Crippen molar-refractivity contribution in [3.05, 3.63) is 0 Å². The fourth-order valence-electron chi connectivity index (χ4n) is 2.66. The highest BCUT2D eigenvalue weighted by Gasteiger charge is 2.32. The van der Waals surface area contributed by atoms with Crippen LogP contribution >= 0.6 is 0 Å². The topological polar surface area (TPSA) is 46.3 Å². The Balaban J connectivity index is 1.85. The summed E-state index contributed by atoms with van der Waals surface area (Å²) >= 11 is 0. The molecule has 1 heterocycles. The van der Waals surface area contributed by atoms with Gasteiger partial charge in [0.05, 0.1) is 0 Å². The highest BCUT2D eigenvalue weighted by atomic mass is 16.2. The average Bonchev–Trinajstić information content (AvgIpc) is 3.03. The van der Waals surface area contributed by atoms with Gasteiger partial charge in [0.2, 0.25) is 5.91 Å². The van der Waals surface area contributed by atoms with Crippen molar-refractivity contribution < 1.29 is 4.79 Å². The van der Waals surface area contributed by atoms with Gasteiger partial charge >= 0.3 is 0 Å². The number of likely N-dealkylation sites (tertiary alicyclic amines) is 1. The van der Waals surface area contributed by atoms with Crippen LogP contribution in [0.3, 0.4) is 0 Å². The lowest BCUT2D eigenvalue weighted by Crippen LogP contribution is -2.41. The number of hydrogen-bond acceptors (Lipinski definition) is 2. The van der Waals surface area contributed by atoms with E-state index >= 15 is 0 Å². The number of carbonyl (C=O) groups excluding carboxylic acids is 1. The lowest BCUT2D eigenvalue weighted by molar-refractivity contribution is -0.133. The van der Waals surface area contributed by atoms with Crippen LogP contribution in [0, 0.1) is 5.92 Å². The van der Waals surface area contributed by atoms with Crippen LogP contribution in [0.15, 0.2) is 0 Å². The van der Waals surface area contributed by atoms with Gasteiger partial charge in [0.25, 0.3) is 0 Å². The zero-order valence-electron chi connectivity index (χ0n) is 10.3. The predicted octanol–water partition coefficient (Wildman–Crippen LogP) is 1.90. The molecule has 1 aliphatic carbocycles. The molecule has 3 heteroatoms. The molecule has 0 spiro atoms. The molecule has 1 saturated heterocycles. The molecule has 2 rings (SSSR count). The number of rotatable bonds is 3. The van der Waals surface area contributed by atoms with Crippen molar-refractivity contribution in [2.75, 3.05) is 6.54 Å². The smallest absolute Gasteiger partial charge is 0.224 e. The zero-order valence-corrected chi connectivity index (χ0v) is 10.3. The Morgan fingerprint density at radius 2 is 2.06 bits per heavy atom. The summed E-state index contributed by atoms with van der Waals surface area (Å²) < 4.78 is 0. The minimum atomic E-state index is 0.114. The molecular weight excluding hydrogens is 200 g/mol. The van der Waals surface area contributed by atoms with E-state index in [1.807, 2.05) is 0 Å². The summed E-state index contributed by atoms with van der Waals surface area (Å²) in [6, 6.07) is 0.532. The lowest BCUT2D eigenvalue weighted by Gasteiger charge is -2.28. The first-order chi connectivity index (χ1) is 7.68. The van der Waals surface area contributed by atoms with Crippen LogP contribution in [0.1, 0.15) is 51.9 Å². The summed E-state index contributed by atoms with van der Waals surface area (Å²) in [5.41, 5.74) is 6.02. The Bertz CT molecular complexity index is 250. The Kier molecular flexibility index (Phi) is 3.85. The first-order valence-electron chi connectivity index (χ1n) is 6.73. The quantitative estimate of drug-likeness (QED) is 0.796. The third kappa shape index (κ3) is 2.97. The van der Waals surface area contributed by atoms with Gasteiger partial charge in [0.15, 0.2) is 0 Å². The number of carbonyl (C=O) groups is 1. The summed E-state index contributed by atoms with van der Waals surface area (Å²) in [5, 5.41) is 0. The number of nitrogens with two attached hydrogens (primary N) is 1. The highest BCUT2D eigenvalue weighted by molar-refractivity contribution is 5.77. The van der Waals surface area contributed by atoms with E-state index < -0.39 is 0 Å². The molecule has 0 bridgehead atoms. The van der Waals surface area contributed by atoms with Gasteiger partial charge in [-0.25, -0.2) is 0 Å². The predicted molar refractivity (Wildman–Crippen MR) is 65.0 cm³/mol. The van der Waals surface area contributed by atoms with Crippen LogP contribution < -0.4 is 5.73 Å². The number of nitrogens with zero attached hydrogens (tertiary/aromatic N) is 1. The maximum Gasteiger partial charge on any atom is 0.224 e. The molecule has 2 atom stereocenters. The van der Waals surface area contributed by atoms with Gasteiger partial charge in [0.1, 0.15) is 0 Å². The van der Waals surface area contributed by atoms with E-state index in [4.69, 9.17) is 5.73 Å². The van der Waals surface area contributed by atoms with Crippen LogP contribution in [0.5, 0.6) is 0 Å². The van der Waals surface area contributed by atoms with Crippen LogP contribution in [0.25, 0.3) is 0 Å². The van der Waals surface area contributed by atoms with Crippen LogP contribution in [-0.4, -0.2) is 29.4 Å². The molecule has 1 amide bonds. The number of hydrogen-bond donors (Lipinski definition) is 1. The first kappa shape index (κ1) is 11.9. The Morgan fingerprint density at radius 1 is 1.31 bits per heavy atom. The van der Waals surface area contributed by atoms with Gasteiger partial charge < -0.3 is 10.6 Å². The SMILES string of the molecule is CC1CCCCCN1C(=O)CC(N)C1CC1. The van der Waals surface area contributed by atoms with Crippen molar-refractivity contribution in [1.82, 2.24) is 4.90 Å². The average molecular weight is 224 g/mol. The minimum absolute atomic E-state index is 0.114. The van der Waals surface area contributed by atoms with Crippen molar-refractivity contribution in [3.8, 4) is 0 Å². The lowest BCUT2D eigenvalue weighted by atomic mass is 10.1.